The summed E-state index contributed by atoms with van der Waals surface area (Å²) in [6, 6.07) is 5.64. The molecule has 1 aromatic rings. The Morgan fingerprint density at radius 2 is 2.00 bits per heavy atom. The third kappa shape index (κ3) is 3.92. The van der Waals surface area contributed by atoms with Gasteiger partial charge in [0.1, 0.15) is 24.1 Å². The molecule has 9 heteroatoms. The molecule has 0 saturated carbocycles. The minimum atomic E-state index is -1.46. The van der Waals surface area contributed by atoms with Crippen LogP contribution in [-0.2, 0) is 4.74 Å². The van der Waals surface area contributed by atoms with Crippen molar-refractivity contribution in [2.45, 2.75) is 24.5 Å². The molecule has 2 amide bonds. The fraction of sp³-hybridized carbons (Fsp3) is 0.385. The van der Waals surface area contributed by atoms with Gasteiger partial charge < -0.3 is 30.5 Å². The lowest BCUT2D eigenvalue weighted by molar-refractivity contribution is -0.191. The largest absolute Gasteiger partial charge is 0.507 e. The predicted octanol–water partition coefficient (Wildman–Crippen LogP) is -1.54. The Bertz CT molecular complexity index is 552. The highest BCUT2D eigenvalue weighted by atomic mass is 16.5. The number of nitrogens with one attached hydrogen (secondary N) is 2. The first-order chi connectivity index (χ1) is 10.5. The molecule has 0 spiro atoms. The zero-order valence-electron chi connectivity index (χ0n) is 11.5. The molecule has 120 valence electrons. The normalized spacial score (nSPS) is 28.5. The predicted molar refractivity (Wildman–Crippen MR) is 75.1 cm³/mol. The van der Waals surface area contributed by atoms with Crippen LogP contribution < -0.4 is 10.7 Å². The minimum Gasteiger partial charge on any atom is -0.507 e. The van der Waals surface area contributed by atoms with Gasteiger partial charge in [-0.1, -0.05) is 12.1 Å². The van der Waals surface area contributed by atoms with Crippen LogP contribution in [0.15, 0.2) is 29.4 Å². The second kappa shape index (κ2) is 7.18. The molecular formula is C13H17N3O6. The number of nitrogens with zero attached hydrogens (tertiary/aromatic N) is 1. The SMILES string of the molecule is O=C(N/N=C/c1ccccc1O)N[C@H]1OC[C@H](O)[C@@H](O)[C@@H]1O. The molecule has 0 bridgehead atoms. The Balaban J connectivity index is 1.84. The lowest BCUT2D eigenvalue weighted by Gasteiger charge is -2.35. The van der Waals surface area contributed by atoms with Gasteiger partial charge in [0.25, 0.3) is 0 Å². The van der Waals surface area contributed by atoms with Gasteiger partial charge in [-0.25, -0.2) is 10.2 Å². The van der Waals surface area contributed by atoms with Crippen molar-refractivity contribution < 1.29 is 30.0 Å². The van der Waals surface area contributed by atoms with E-state index < -0.39 is 30.6 Å². The number of hydrogen-bond acceptors (Lipinski definition) is 7. The van der Waals surface area contributed by atoms with Crippen molar-refractivity contribution in [1.29, 1.82) is 0 Å². The molecule has 4 atom stereocenters. The Labute approximate surface area is 125 Å². The van der Waals surface area contributed by atoms with Gasteiger partial charge in [0.05, 0.1) is 12.8 Å². The summed E-state index contributed by atoms with van der Waals surface area (Å²) >= 11 is 0. The first-order valence-electron chi connectivity index (χ1n) is 6.52. The molecule has 1 saturated heterocycles. The van der Waals surface area contributed by atoms with E-state index >= 15 is 0 Å². The summed E-state index contributed by atoms with van der Waals surface area (Å²) in [7, 11) is 0. The van der Waals surface area contributed by atoms with Gasteiger partial charge >= 0.3 is 6.03 Å². The number of hydrogen-bond donors (Lipinski definition) is 6. The van der Waals surface area contributed by atoms with Crippen LogP contribution in [-0.4, -0.2) is 63.8 Å². The van der Waals surface area contributed by atoms with Crippen LogP contribution >= 0.6 is 0 Å². The maximum atomic E-state index is 11.6. The molecule has 1 heterocycles. The summed E-state index contributed by atoms with van der Waals surface area (Å²) in [6.07, 6.45) is -4.01. The lowest BCUT2D eigenvalue weighted by Crippen LogP contribution is -2.59. The summed E-state index contributed by atoms with van der Waals surface area (Å²) in [5.41, 5.74) is 2.54. The lowest BCUT2D eigenvalue weighted by atomic mass is 10.0. The monoisotopic (exact) mass is 311 g/mol. The number of para-hydroxylation sites is 1. The Hall–Kier alpha value is -2.20. The molecule has 1 aliphatic rings. The van der Waals surface area contributed by atoms with Gasteiger partial charge in [0.15, 0.2) is 6.23 Å². The summed E-state index contributed by atoms with van der Waals surface area (Å²) in [6.45, 7) is -0.218. The number of benzene rings is 1. The van der Waals surface area contributed by atoms with E-state index in [0.29, 0.717) is 5.56 Å². The van der Waals surface area contributed by atoms with Gasteiger partial charge in [-0.15, -0.1) is 0 Å². The smallest absolute Gasteiger partial charge is 0.337 e. The van der Waals surface area contributed by atoms with Crippen LogP contribution in [0.2, 0.25) is 0 Å². The average molecular weight is 311 g/mol. The van der Waals surface area contributed by atoms with Crippen molar-refractivity contribution >= 4 is 12.2 Å². The van der Waals surface area contributed by atoms with E-state index in [1.807, 2.05) is 0 Å². The van der Waals surface area contributed by atoms with Gasteiger partial charge in [0, 0.05) is 5.56 Å². The molecule has 0 aromatic heterocycles. The zero-order valence-corrected chi connectivity index (χ0v) is 11.5. The molecule has 1 fully saturated rings. The van der Waals surface area contributed by atoms with Gasteiger partial charge in [-0.05, 0) is 12.1 Å². The highest BCUT2D eigenvalue weighted by molar-refractivity contribution is 5.84. The second-order valence-corrected chi connectivity index (χ2v) is 4.70. The quantitative estimate of drug-likeness (QED) is 0.295. The van der Waals surface area contributed by atoms with E-state index in [-0.39, 0.29) is 12.4 Å². The van der Waals surface area contributed by atoms with Crippen LogP contribution in [0.1, 0.15) is 5.56 Å². The van der Waals surface area contributed by atoms with E-state index in [1.165, 1.54) is 12.3 Å². The molecular weight excluding hydrogens is 294 g/mol. The van der Waals surface area contributed by atoms with Crippen LogP contribution in [0.3, 0.4) is 0 Å². The number of amides is 2. The van der Waals surface area contributed by atoms with E-state index in [1.54, 1.807) is 18.2 Å². The summed E-state index contributed by atoms with van der Waals surface area (Å²) in [5.74, 6) is 0.0107. The molecule has 0 aliphatic carbocycles. The molecule has 1 aromatic carbocycles. The number of phenolic OH excluding ortho intramolecular Hbond substituents is 1. The molecule has 2 rings (SSSR count). The number of urea groups is 1. The maximum Gasteiger partial charge on any atom is 0.337 e. The van der Waals surface area contributed by atoms with Crippen LogP contribution in [0.4, 0.5) is 4.79 Å². The molecule has 9 nitrogen and oxygen atoms in total. The number of carbonyl (C=O) groups is 1. The standard InChI is InChI=1S/C13H17N3O6/c17-8-4-2-1-3-7(8)5-14-16-13(21)15-12-11(20)10(19)9(18)6-22-12/h1-5,9-12,17-20H,6H2,(H2,15,16,21)/b14-5+/t9-,10+,11-,12-/m0/s1. The zero-order chi connectivity index (χ0) is 16.1. The number of rotatable bonds is 3. The number of aliphatic hydroxyl groups is 3. The van der Waals surface area contributed by atoms with Crippen molar-refractivity contribution in [1.82, 2.24) is 10.7 Å². The third-order valence-electron chi connectivity index (χ3n) is 3.08. The summed E-state index contributed by atoms with van der Waals surface area (Å²) < 4.78 is 5.00. The fourth-order valence-corrected chi connectivity index (χ4v) is 1.85. The van der Waals surface area contributed by atoms with Crippen LogP contribution in [0.25, 0.3) is 0 Å². The number of aliphatic hydroxyl groups excluding tert-OH is 3. The Morgan fingerprint density at radius 3 is 2.73 bits per heavy atom. The molecule has 0 radical (unpaired) electrons. The molecule has 6 N–H and O–H groups in total. The molecule has 1 aliphatic heterocycles. The highest BCUT2D eigenvalue weighted by Gasteiger charge is 2.38. The average Bonchev–Trinajstić information content (AvgIpc) is 2.50. The summed E-state index contributed by atoms with van der Waals surface area (Å²) in [4.78, 5) is 11.6. The topological polar surface area (TPSA) is 144 Å². The van der Waals surface area contributed by atoms with Crippen molar-refractivity contribution in [3.8, 4) is 5.75 Å². The first-order valence-corrected chi connectivity index (χ1v) is 6.52. The van der Waals surface area contributed by atoms with E-state index in [0.717, 1.165) is 0 Å². The molecule has 0 unspecified atom stereocenters. The fourth-order valence-electron chi connectivity index (χ4n) is 1.85. The van der Waals surface area contributed by atoms with Gasteiger partial charge in [-0.3, -0.25) is 0 Å². The number of carbonyl (C=O) groups excluding carboxylic acids is 1. The minimum absolute atomic E-state index is 0.0107. The number of ether oxygens (including phenoxy) is 1. The number of hydrazone groups is 1. The van der Waals surface area contributed by atoms with Crippen LogP contribution in [0.5, 0.6) is 5.75 Å². The number of aromatic hydroxyl groups is 1. The first kappa shape index (κ1) is 16.2. The van der Waals surface area contributed by atoms with Crippen molar-refractivity contribution in [3.63, 3.8) is 0 Å². The maximum absolute atomic E-state index is 11.6. The number of phenols is 1. The third-order valence-corrected chi connectivity index (χ3v) is 3.08. The highest BCUT2D eigenvalue weighted by Crippen LogP contribution is 2.14. The van der Waals surface area contributed by atoms with E-state index in [9.17, 15) is 25.2 Å². The summed E-state index contributed by atoms with van der Waals surface area (Å²) in [5, 5.41) is 43.8. The Morgan fingerprint density at radius 1 is 1.27 bits per heavy atom. The molecule has 22 heavy (non-hydrogen) atoms. The van der Waals surface area contributed by atoms with Gasteiger partial charge in [0.2, 0.25) is 0 Å². The van der Waals surface area contributed by atoms with E-state index in [2.05, 4.69) is 15.8 Å². The van der Waals surface area contributed by atoms with Gasteiger partial charge in [-0.2, -0.15) is 5.10 Å². The van der Waals surface area contributed by atoms with Crippen molar-refractivity contribution in [2.24, 2.45) is 5.10 Å². The Kier molecular flexibility index (Phi) is 5.28. The second-order valence-electron chi connectivity index (χ2n) is 4.70. The van der Waals surface area contributed by atoms with E-state index in [4.69, 9.17) is 4.74 Å². The van der Waals surface area contributed by atoms with Crippen molar-refractivity contribution in [2.75, 3.05) is 6.61 Å². The van der Waals surface area contributed by atoms with Crippen molar-refractivity contribution in [3.05, 3.63) is 29.8 Å². The van der Waals surface area contributed by atoms with Crippen LogP contribution in [0, 0.1) is 0 Å².